The molecule has 1 aromatic carbocycles. The van der Waals surface area contributed by atoms with E-state index >= 15 is 0 Å². The van der Waals surface area contributed by atoms with E-state index in [0.717, 1.165) is 17.9 Å². The van der Waals surface area contributed by atoms with E-state index < -0.39 is 56.7 Å². The predicted molar refractivity (Wildman–Crippen MR) is 85.9 cm³/mol. The maximum absolute atomic E-state index is 14.3. The first-order valence-corrected chi connectivity index (χ1v) is 7.72. The molecule has 10 heteroatoms. The standard InChI is InChI=1S/C16H14F2N2O6/c1-3-26-16(22)7-6-19(10-4-8(10)17)13-12(14(7)21)11(20(23)24)5-9(18)15(13)25-2/h5-6,8,10H,3-4H2,1-2H3. The third-order valence-electron chi connectivity index (χ3n) is 4.12. The number of hydrogen-bond donors (Lipinski definition) is 0. The van der Waals surface area contributed by atoms with Gasteiger partial charge in [0.2, 0.25) is 5.43 Å². The van der Waals surface area contributed by atoms with Crippen molar-refractivity contribution in [1.29, 1.82) is 0 Å². The SMILES string of the molecule is CCOC(=O)c1cn(C2CC2F)c2c(OC)c(F)cc([N+](=O)[O-])c2c1=O. The lowest BCUT2D eigenvalue weighted by Gasteiger charge is -2.15. The Labute approximate surface area is 145 Å². The topological polar surface area (TPSA) is 101 Å². The van der Waals surface area contributed by atoms with Crippen LogP contribution in [-0.4, -0.2) is 35.3 Å². The summed E-state index contributed by atoms with van der Waals surface area (Å²) < 4.78 is 38.9. The number of esters is 1. The fourth-order valence-corrected chi connectivity index (χ4v) is 2.87. The quantitative estimate of drug-likeness (QED) is 0.457. The number of methoxy groups -OCH3 is 1. The second kappa shape index (κ2) is 6.36. The van der Waals surface area contributed by atoms with Gasteiger partial charge in [-0.25, -0.2) is 13.6 Å². The Kier molecular flexibility index (Phi) is 4.34. The molecule has 1 saturated carbocycles. The summed E-state index contributed by atoms with van der Waals surface area (Å²) in [4.78, 5) is 35.2. The maximum atomic E-state index is 14.3. The molecule has 0 saturated heterocycles. The van der Waals surface area contributed by atoms with Gasteiger partial charge in [0.25, 0.3) is 5.69 Å². The first kappa shape index (κ1) is 17.8. The number of nitro benzene ring substituents is 1. The van der Waals surface area contributed by atoms with E-state index in [1.54, 1.807) is 0 Å². The molecule has 1 heterocycles. The number of halogens is 2. The van der Waals surface area contributed by atoms with Gasteiger partial charge < -0.3 is 14.0 Å². The number of nitrogens with zero attached hydrogens (tertiary/aromatic N) is 2. The molecule has 1 aliphatic carbocycles. The molecule has 3 rings (SSSR count). The minimum Gasteiger partial charge on any atom is -0.492 e. The van der Waals surface area contributed by atoms with Crippen LogP contribution in [0.1, 0.15) is 29.7 Å². The first-order chi connectivity index (χ1) is 12.3. The Hall–Kier alpha value is -3.04. The van der Waals surface area contributed by atoms with E-state index in [9.17, 15) is 28.5 Å². The molecule has 0 spiro atoms. The van der Waals surface area contributed by atoms with Crippen molar-refractivity contribution in [3.05, 3.63) is 44.0 Å². The van der Waals surface area contributed by atoms with Crippen LogP contribution in [-0.2, 0) is 4.74 Å². The average Bonchev–Trinajstić information content (AvgIpc) is 3.31. The summed E-state index contributed by atoms with van der Waals surface area (Å²) in [6, 6.07) is -0.247. The molecule has 0 amide bonds. The highest BCUT2D eigenvalue weighted by molar-refractivity contribution is 5.99. The van der Waals surface area contributed by atoms with Crippen LogP contribution >= 0.6 is 0 Å². The number of non-ortho nitro benzene ring substituents is 1. The minimum absolute atomic E-state index is 0.0275. The number of hydrogen-bond acceptors (Lipinski definition) is 6. The molecular weight excluding hydrogens is 354 g/mol. The molecule has 1 aliphatic rings. The van der Waals surface area contributed by atoms with Crippen LogP contribution in [0.2, 0.25) is 0 Å². The number of nitro groups is 1. The molecule has 1 aromatic heterocycles. The van der Waals surface area contributed by atoms with Crippen LogP contribution in [0.5, 0.6) is 5.75 Å². The Bertz CT molecular complexity index is 987. The number of aromatic nitrogens is 1. The lowest BCUT2D eigenvalue weighted by atomic mass is 10.1. The third kappa shape index (κ3) is 2.67. The summed E-state index contributed by atoms with van der Waals surface area (Å²) in [5.74, 6) is -2.50. The van der Waals surface area contributed by atoms with Gasteiger partial charge in [0, 0.05) is 12.6 Å². The van der Waals surface area contributed by atoms with Crippen molar-refractivity contribution in [2.45, 2.75) is 25.6 Å². The van der Waals surface area contributed by atoms with Crippen LogP contribution in [0.3, 0.4) is 0 Å². The number of benzene rings is 1. The van der Waals surface area contributed by atoms with Gasteiger partial charge >= 0.3 is 5.97 Å². The summed E-state index contributed by atoms with van der Waals surface area (Å²) in [5, 5.41) is 10.8. The molecule has 26 heavy (non-hydrogen) atoms. The van der Waals surface area contributed by atoms with Crippen LogP contribution in [0.15, 0.2) is 17.1 Å². The molecule has 0 bridgehead atoms. The van der Waals surface area contributed by atoms with E-state index in [1.807, 2.05) is 0 Å². The molecule has 2 aromatic rings. The van der Waals surface area contributed by atoms with Gasteiger partial charge in [-0.1, -0.05) is 0 Å². The van der Waals surface area contributed by atoms with Crippen LogP contribution in [0.25, 0.3) is 10.9 Å². The lowest BCUT2D eigenvalue weighted by molar-refractivity contribution is -0.383. The third-order valence-corrected chi connectivity index (χ3v) is 4.12. The summed E-state index contributed by atoms with van der Waals surface area (Å²) in [6.07, 6.45) is -0.186. The fraction of sp³-hybridized carbons (Fsp3) is 0.375. The van der Waals surface area contributed by atoms with Gasteiger partial charge in [-0.05, 0) is 6.92 Å². The smallest absolute Gasteiger partial charge is 0.343 e. The van der Waals surface area contributed by atoms with Crippen LogP contribution in [0.4, 0.5) is 14.5 Å². The molecule has 0 aliphatic heterocycles. The number of rotatable bonds is 5. The largest absolute Gasteiger partial charge is 0.492 e. The van der Waals surface area contributed by atoms with Gasteiger partial charge in [0.1, 0.15) is 22.6 Å². The van der Waals surface area contributed by atoms with Crippen molar-refractivity contribution in [2.24, 2.45) is 0 Å². The van der Waals surface area contributed by atoms with E-state index in [-0.39, 0.29) is 18.5 Å². The molecule has 2 unspecified atom stereocenters. The zero-order valence-corrected chi connectivity index (χ0v) is 13.8. The molecule has 138 valence electrons. The Morgan fingerprint density at radius 3 is 2.65 bits per heavy atom. The number of ether oxygens (including phenoxy) is 2. The van der Waals surface area contributed by atoms with Crippen molar-refractivity contribution in [2.75, 3.05) is 13.7 Å². The first-order valence-electron chi connectivity index (χ1n) is 7.72. The fourth-order valence-electron chi connectivity index (χ4n) is 2.87. The van der Waals surface area contributed by atoms with Crippen molar-refractivity contribution in [3.63, 3.8) is 0 Å². The Morgan fingerprint density at radius 1 is 1.50 bits per heavy atom. The monoisotopic (exact) mass is 368 g/mol. The molecule has 0 radical (unpaired) electrons. The molecule has 8 nitrogen and oxygen atoms in total. The summed E-state index contributed by atoms with van der Waals surface area (Å²) >= 11 is 0. The van der Waals surface area contributed by atoms with Crippen molar-refractivity contribution in [1.82, 2.24) is 4.57 Å². The van der Waals surface area contributed by atoms with E-state index in [4.69, 9.17) is 9.47 Å². The van der Waals surface area contributed by atoms with Crippen molar-refractivity contribution < 1.29 is 28.0 Å². The highest BCUT2D eigenvalue weighted by Crippen LogP contribution is 2.44. The number of carbonyl (C=O) groups excluding carboxylic acids is 1. The predicted octanol–water partition coefficient (Wildman–Crippen LogP) is 2.52. The zero-order chi connectivity index (χ0) is 19.2. The van der Waals surface area contributed by atoms with Gasteiger partial charge in [-0.2, -0.15) is 0 Å². The van der Waals surface area contributed by atoms with E-state index in [2.05, 4.69) is 0 Å². The number of pyridine rings is 1. The van der Waals surface area contributed by atoms with Gasteiger partial charge in [-0.15, -0.1) is 0 Å². The van der Waals surface area contributed by atoms with E-state index in [1.165, 1.54) is 6.92 Å². The minimum atomic E-state index is -1.29. The summed E-state index contributed by atoms with van der Waals surface area (Å²) in [7, 11) is 1.12. The van der Waals surface area contributed by atoms with Gasteiger partial charge in [0.15, 0.2) is 11.6 Å². The zero-order valence-electron chi connectivity index (χ0n) is 13.8. The highest BCUT2D eigenvalue weighted by Gasteiger charge is 2.42. The van der Waals surface area contributed by atoms with Crippen molar-refractivity contribution >= 4 is 22.6 Å². The van der Waals surface area contributed by atoms with Crippen LogP contribution in [0, 0.1) is 15.9 Å². The normalized spacial score (nSPS) is 18.6. The molecule has 2 atom stereocenters. The lowest BCUT2D eigenvalue weighted by Crippen LogP contribution is -2.22. The maximum Gasteiger partial charge on any atom is 0.343 e. The molecule has 0 N–H and O–H groups in total. The number of fused-ring (bicyclic) bond motifs is 1. The Morgan fingerprint density at radius 2 is 2.15 bits per heavy atom. The second-order valence-corrected chi connectivity index (χ2v) is 5.71. The summed E-state index contributed by atoms with van der Waals surface area (Å²) in [6.45, 7) is 1.50. The number of alkyl halides is 1. The molecule has 1 fully saturated rings. The summed E-state index contributed by atoms with van der Waals surface area (Å²) in [5.41, 5.74) is -2.59. The van der Waals surface area contributed by atoms with Crippen LogP contribution < -0.4 is 10.2 Å². The highest BCUT2D eigenvalue weighted by atomic mass is 19.1. The second-order valence-electron chi connectivity index (χ2n) is 5.71. The van der Waals surface area contributed by atoms with Gasteiger partial charge in [-0.3, -0.25) is 14.9 Å². The van der Waals surface area contributed by atoms with E-state index in [0.29, 0.717) is 6.07 Å². The number of carbonyl (C=O) groups is 1. The van der Waals surface area contributed by atoms with Gasteiger partial charge in [0.05, 0.1) is 30.7 Å². The Balaban J connectivity index is 2.49. The van der Waals surface area contributed by atoms with Crippen molar-refractivity contribution in [3.8, 4) is 5.75 Å². The average molecular weight is 368 g/mol. The molecular formula is C16H14F2N2O6.